The van der Waals surface area contributed by atoms with E-state index in [-0.39, 0.29) is 45.6 Å². The summed E-state index contributed by atoms with van der Waals surface area (Å²) < 4.78 is 74.7. The van der Waals surface area contributed by atoms with E-state index in [0.29, 0.717) is 32.1 Å². The lowest BCUT2D eigenvalue weighted by Gasteiger charge is -2.26. The van der Waals surface area contributed by atoms with Crippen molar-refractivity contribution in [2.75, 3.05) is 18.4 Å². The third-order valence-electron chi connectivity index (χ3n) is 7.04. The number of aromatic nitrogens is 2. The molecule has 38 heavy (non-hydrogen) atoms. The number of fused-ring (bicyclic) bond motifs is 2. The summed E-state index contributed by atoms with van der Waals surface area (Å²) >= 11 is 0. The van der Waals surface area contributed by atoms with Crippen LogP contribution in [0.25, 0.3) is 11.0 Å². The molecule has 5 rings (SSSR count). The average Bonchev–Trinajstić information content (AvgIpc) is 3.51. The number of alkyl halides is 3. The summed E-state index contributed by atoms with van der Waals surface area (Å²) in [5.74, 6) is 0.268. The Balaban J connectivity index is 1.42. The number of hydrogen-bond donors (Lipinski definition) is 1. The van der Waals surface area contributed by atoms with Crippen molar-refractivity contribution < 1.29 is 31.1 Å². The van der Waals surface area contributed by atoms with Gasteiger partial charge in [0.2, 0.25) is 0 Å². The van der Waals surface area contributed by atoms with Gasteiger partial charge in [-0.2, -0.15) is 13.2 Å². The number of likely N-dealkylation sites (tertiary alicyclic amines) is 1. The molecule has 1 saturated carbocycles. The van der Waals surface area contributed by atoms with Gasteiger partial charge < -0.3 is 15.0 Å². The Bertz CT molecular complexity index is 1450. The highest BCUT2D eigenvalue weighted by Gasteiger charge is 2.44. The van der Waals surface area contributed by atoms with Gasteiger partial charge in [-0.3, -0.25) is 0 Å². The fourth-order valence-corrected chi connectivity index (χ4v) is 6.75. The number of nitrogens with zero attached hydrogens (tertiary/aromatic N) is 3. The van der Waals surface area contributed by atoms with Crippen molar-refractivity contribution in [2.24, 2.45) is 11.8 Å². The molecule has 1 saturated heterocycles. The SMILES string of the molecule is CC(C)(C)OC(=O)N1C[C@H]2C[C@H](Nc3c(C(F)(F)F)cnc4c3ccn4S(=O)(=O)c3ccccc3)C[C@H]2C1. The first kappa shape index (κ1) is 26.3. The summed E-state index contributed by atoms with van der Waals surface area (Å²) in [4.78, 5) is 18.0. The molecular formula is C26H29F3N4O4S. The maximum absolute atomic E-state index is 14.0. The van der Waals surface area contributed by atoms with Crippen LogP contribution in [-0.2, 0) is 20.9 Å². The summed E-state index contributed by atoms with van der Waals surface area (Å²) in [6.45, 7) is 6.37. The minimum Gasteiger partial charge on any atom is -0.444 e. The van der Waals surface area contributed by atoms with Crippen molar-refractivity contribution >= 4 is 32.8 Å². The number of nitrogens with one attached hydrogen (secondary N) is 1. The summed E-state index contributed by atoms with van der Waals surface area (Å²) in [5, 5.41) is 3.15. The number of ether oxygens (including phenoxy) is 1. The standard InChI is InChI=1S/C26H29F3N4O4S/c1-25(2,3)37-24(34)32-14-16-11-18(12-17(16)15-32)31-22-20-9-10-33(23(20)30-13-21(22)26(27,28)29)38(35,36)19-7-5-4-6-8-19/h4-10,13,16-18H,11-12,14-15H2,1-3H3,(H,30,31)/t16-,17+,18+. The Morgan fingerprint density at radius 1 is 1.05 bits per heavy atom. The molecule has 0 unspecified atom stereocenters. The average molecular weight is 551 g/mol. The molecule has 0 bridgehead atoms. The van der Waals surface area contributed by atoms with Gasteiger partial charge in [-0.05, 0) is 63.6 Å². The molecule has 3 aromatic rings. The van der Waals surface area contributed by atoms with Gasteiger partial charge >= 0.3 is 12.3 Å². The quantitative estimate of drug-likeness (QED) is 0.471. The molecule has 3 heterocycles. The molecule has 1 amide bonds. The second-order valence-corrected chi connectivity index (χ2v) is 12.7. The van der Waals surface area contributed by atoms with Gasteiger partial charge in [-0.1, -0.05) is 18.2 Å². The number of carbonyl (C=O) groups excluding carboxylic acids is 1. The molecule has 0 spiro atoms. The van der Waals surface area contributed by atoms with Gasteiger partial charge in [0.25, 0.3) is 10.0 Å². The molecule has 12 heteroatoms. The number of pyridine rings is 1. The van der Waals surface area contributed by atoms with Crippen LogP contribution in [0, 0.1) is 11.8 Å². The van der Waals surface area contributed by atoms with Crippen LogP contribution >= 0.6 is 0 Å². The van der Waals surface area contributed by atoms with Crippen LogP contribution in [0.2, 0.25) is 0 Å². The molecule has 1 N–H and O–H groups in total. The number of hydrogen-bond acceptors (Lipinski definition) is 6. The highest BCUT2D eigenvalue weighted by atomic mass is 32.2. The van der Waals surface area contributed by atoms with Crippen LogP contribution in [0.5, 0.6) is 0 Å². The first-order valence-electron chi connectivity index (χ1n) is 12.4. The van der Waals surface area contributed by atoms with Crippen LogP contribution in [0.3, 0.4) is 0 Å². The van der Waals surface area contributed by atoms with Crippen LogP contribution in [0.1, 0.15) is 39.2 Å². The minimum atomic E-state index is -4.69. The summed E-state index contributed by atoms with van der Waals surface area (Å²) in [5.41, 5.74) is -1.83. The molecule has 204 valence electrons. The van der Waals surface area contributed by atoms with Crippen molar-refractivity contribution in [3.05, 3.63) is 54.4 Å². The zero-order valence-electron chi connectivity index (χ0n) is 21.2. The van der Waals surface area contributed by atoms with Crippen molar-refractivity contribution in [1.82, 2.24) is 13.9 Å². The Hall–Kier alpha value is -3.28. The lowest BCUT2D eigenvalue weighted by atomic mass is 10.0. The summed E-state index contributed by atoms with van der Waals surface area (Å²) in [6, 6.07) is 8.73. The Morgan fingerprint density at radius 2 is 1.68 bits per heavy atom. The molecule has 1 aliphatic carbocycles. The summed E-state index contributed by atoms with van der Waals surface area (Å²) in [7, 11) is -4.06. The predicted octanol–water partition coefficient (Wildman–Crippen LogP) is 5.35. The highest BCUT2D eigenvalue weighted by Crippen LogP contribution is 2.43. The van der Waals surface area contributed by atoms with Crippen LogP contribution in [0.15, 0.2) is 53.7 Å². The molecular weight excluding hydrogens is 521 g/mol. The second kappa shape index (κ2) is 9.18. The fourth-order valence-electron chi connectivity index (χ4n) is 5.43. The van der Waals surface area contributed by atoms with E-state index < -0.39 is 27.4 Å². The van der Waals surface area contributed by atoms with E-state index in [4.69, 9.17) is 4.74 Å². The van der Waals surface area contributed by atoms with E-state index >= 15 is 0 Å². The number of anilines is 1. The van der Waals surface area contributed by atoms with Gasteiger partial charge in [-0.15, -0.1) is 0 Å². The smallest absolute Gasteiger partial charge is 0.419 e. The lowest BCUT2D eigenvalue weighted by Crippen LogP contribution is -2.36. The minimum absolute atomic E-state index is 0.00636. The normalized spacial score (nSPS) is 22.1. The van der Waals surface area contributed by atoms with E-state index in [1.807, 2.05) is 0 Å². The second-order valence-electron chi connectivity index (χ2n) is 10.9. The van der Waals surface area contributed by atoms with E-state index in [0.717, 1.165) is 3.97 Å². The molecule has 1 aromatic carbocycles. The topological polar surface area (TPSA) is 93.5 Å². The van der Waals surface area contributed by atoms with E-state index in [2.05, 4.69) is 10.3 Å². The Kier molecular flexibility index (Phi) is 6.36. The molecule has 3 atom stereocenters. The van der Waals surface area contributed by atoms with Gasteiger partial charge in [0.15, 0.2) is 5.65 Å². The zero-order chi connectivity index (χ0) is 27.5. The van der Waals surface area contributed by atoms with Crippen LogP contribution < -0.4 is 5.32 Å². The molecule has 2 aliphatic rings. The number of carbonyl (C=O) groups is 1. The van der Waals surface area contributed by atoms with Crippen molar-refractivity contribution in [1.29, 1.82) is 0 Å². The number of amides is 1. The van der Waals surface area contributed by atoms with Gasteiger partial charge in [0.05, 0.1) is 16.1 Å². The monoisotopic (exact) mass is 550 g/mol. The maximum Gasteiger partial charge on any atom is 0.419 e. The third kappa shape index (κ3) is 4.93. The Morgan fingerprint density at radius 3 is 2.26 bits per heavy atom. The van der Waals surface area contributed by atoms with Gasteiger partial charge in [0.1, 0.15) is 5.60 Å². The van der Waals surface area contributed by atoms with Gasteiger partial charge in [0, 0.05) is 36.9 Å². The molecule has 8 nitrogen and oxygen atoms in total. The van der Waals surface area contributed by atoms with Gasteiger partial charge in [-0.25, -0.2) is 22.2 Å². The fraction of sp³-hybridized carbons (Fsp3) is 0.462. The zero-order valence-corrected chi connectivity index (χ0v) is 22.0. The van der Waals surface area contributed by atoms with Crippen molar-refractivity contribution in [2.45, 2.75) is 56.3 Å². The van der Waals surface area contributed by atoms with E-state index in [1.54, 1.807) is 43.9 Å². The molecule has 2 aromatic heterocycles. The molecule has 1 aliphatic heterocycles. The number of benzene rings is 1. The number of halogens is 3. The largest absolute Gasteiger partial charge is 0.444 e. The van der Waals surface area contributed by atoms with E-state index in [1.165, 1.54) is 24.4 Å². The maximum atomic E-state index is 14.0. The first-order chi connectivity index (χ1) is 17.7. The van der Waals surface area contributed by atoms with E-state index in [9.17, 15) is 26.4 Å². The first-order valence-corrected chi connectivity index (χ1v) is 13.8. The molecule has 0 radical (unpaired) electrons. The Labute approximate surface area is 218 Å². The third-order valence-corrected chi connectivity index (χ3v) is 8.72. The highest BCUT2D eigenvalue weighted by molar-refractivity contribution is 7.90. The van der Waals surface area contributed by atoms with Crippen LogP contribution in [0.4, 0.5) is 23.7 Å². The lowest BCUT2D eigenvalue weighted by molar-refractivity contribution is -0.137. The summed E-state index contributed by atoms with van der Waals surface area (Å²) in [6.07, 6.45) is -2.00. The number of rotatable bonds is 4. The van der Waals surface area contributed by atoms with Crippen molar-refractivity contribution in [3.8, 4) is 0 Å². The predicted molar refractivity (Wildman–Crippen MR) is 135 cm³/mol. The van der Waals surface area contributed by atoms with Crippen molar-refractivity contribution in [3.63, 3.8) is 0 Å². The molecule has 2 fully saturated rings. The van der Waals surface area contributed by atoms with Crippen LogP contribution in [-0.4, -0.2) is 53.1 Å².